The van der Waals surface area contributed by atoms with Crippen molar-refractivity contribution in [2.24, 2.45) is 7.05 Å². The van der Waals surface area contributed by atoms with E-state index in [4.69, 9.17) is 14.2 Å². The number of hydrogen-bond acceptors (Lipinski definition) is 6. The van der Waals surface area contributed by atoms with Crippen molar-refractivity contribution in [3.05, 3.63) is 78.8 Å². The van der Waals surface area contributed by atoms with Crippen LogP contribution >= 0.6 is 0 Å². The molecule has 4 aromatic rings. The summed E-state index contributed by atoms with van der Waals surface area (Å²) in [5, 5.41) is 7.05. The number of amides is 1. The monoisotopic (exact) mass is 414 g/mol. The molecular weight excluding hydrogens is 396 g/mol. The van der Waals surface area contributed by atoms with Crippen LogP contribution in [-0.2, 0) is 7.05 Å². The first kappa shape index (κ1) is 18.7. The van der Waals surface area contributed by atoms with Crippen LogP contribution in [0.25, 0.3) is 11.3 Å². The summed E-state index contributed by atoms with van der Waals surface area (Å²) in [7, 11) is 1.85. The maximum Gasteiger partial charge on any atom is 0.259 e. The number of rotatable bonds is 5. The SMILES string of the molecule is Cn1cc(-c2cc(Oc3cccc(NC(=O)c4cccc5c4OCO5)c3)ccn2)cn1. The molecule has 1 aliphatic heterocycles. The molecule has 3 heterocycles. The normalized spacial score (nSPS) is 11.9. The molecule has 154 valence electrons. The lowest BCUT2D eigenvalue weighted by molar-refractivity contribution is 0.102. The van der Waals surface area contributed by atoms with Crippen LogP contribution in [0.2, 0.25) is 0 Å². The average molecular weight is 414 g/mol. The van der Waals surface area contributed by atoms with Gasteiger partial charge in [-0.15, -0.1) is 0 Å². The fraction of sp³-hybridized carbons (Fsp3) is 0.0870. The van der Waals surface area contributed by atoms with Gasteiger partial charge >= 0.3 is 0 Å². The molecule has 5 rings (SSSR count). The summed E-state index contributed by atoms with van der Waals surface area (Å²) >= 11 is 0. The third-order valence-corrected chi connectivity index (χ3v) is 4.70. The number of hydrogen-bond donors (Lipinski definition) is 1. The lowest BCUT2D eigenvalue weighted by atomic mass is 10.1. The molecule has 1 amide bonds. The van der Waals surface area contributed by atoms with Gasteiger partial charge < -0.3 is 19.5 Å². The van der Waals surface area contributed by atoms with Crippen LogP contribution in [0.3, 0.4) is 0 Å². The molecule has 0 aliphatic carbocycles. The Morgan fingerprint density at radius 1 is 1.10 bits per heavy atom. The van der Waals surface area contributed by atoms with Gasteiger partial charge in [0.1, 0.15) is 11.5 Å². The van der Waals surface area contributed by atoms with Crippen LogP contribution in [-0.4, -0.2) is 27.5 Å². The molecule has 0 radical (unpaired) electrons. The first-order valence-corrected chi connectivity index (χ1v) is 9.59. The number of para-hydroxylation sites is 1. The fourth-order valence-electron chi connectivity index (χ4n) is 3.27. The van der Waals surface area contributed by atoms with E-state index in [2.05, 4.69) is 15.4 Å². The number of pyridine rings is 1. The van der Waals surface area contributed by atoms with E-state index in [1.54, 1.807) is 53.5 Å². The van der Waals surface area contributed by atoms with Gasteiger partial charge in [0.25, 0.3) is 5.91 Å². The number of carbonyl (C=O) groups excluding carboxylic acids is 1. The van der Waals surface area contributed by atoms with E-state index in [1.165, 1.54) is 0 Å². The Labute approximate surface area is 178 Å². The molecular formula is C23H18N4O4. The minimum atomic E-state index is -0.290. The number of aromatic nitrogens is 3. The summed E-state index contributed by atoms with van der Waals surface area (Å²) in [4.78, 5) is 17.1. The number of benzene rings is 2. The van der Waals surface area contributed by atoms with Crippen molar-refractivity contribution in [1.82, 2.24) is 14.8 Å². The van der Waals surface area contributed by atoms with E-state index in [-0.39, 0.29) is 12.7 Å². The fourth-order valence-corrected chi connectivity index (χ4v) is 3.27. The smallest absolute Gasteiger partial charge is 0.259 e. The molecule has 0 bridgehead atoms. The second-order valence-corrected chi connectivity index (χ2v) is 6.90. The number of fused-ring (bicyclic) bond motifs is 1. The molecule has 0 unspecified atom stereocenters. The van der Waals surface area contributed by atoms with E-state index < -0.39 is 0 Å². The summed E-state index contributed by atoms with van der Waals surface area (Å²) in [6.07, 6.45) is 5.32. The Bertz CT molecular complexity index is 1270. The van der Waals surface area contributed by atoms with E-state index in [1.807, 2.05) is 31.4 Å². The van der Waals surface area contributed by atoms with Gasteiger partial charge in [0.15, 0.2) is 11.5 Å². The number of nitrogens with one attached hydrogen (secondary N) is 1. The molecule has 0 fully saturated rings. The van der Waals surface area contributed by atoms with Crippen molar-refractivity contribution in [3.63, 3.8) is 0 Å². The van der Waals surface area contributed by atoms with Crippen LogP contribution < -0.4 is 19.5 Å². The van der Waals surface area contributed by atoms with Crippen molar-refractivity contribution in [2.45, 2.75) is 0 Å². The molecule has 2 aromatic heterocycles. The Balaban J connectivity index is 1.33. The predicted octanol–water partition coefficient (Wildman–Crippen LogP) is 4.26. The molecule has 0 spiro atoms. The maximum atomic E-state index is 12.7. The molecule has 2 aromatic carbocycles. The topological polar surface area (TPSA) is 87.5 Å². The highest BCUT2D eigenvalue weighted by Gasteiger charge is 2.21. The number of anilines is 1. The molecule has 8 heteroatoms. The summed E-state index contributed by atoms with van der Waals surface area (Å²) < 4.78 is 18.5. The molecule has 1 N–H and O–H groups in total. The second kappa shape index (κ2) is 7.83. The zero-order chi connectivity index (χ0) is 21.2. The molecule has 0 atom stereocenters. The van der Waals surface area contributed by atoms with Gasteiger partial charge in [0.05, 0.1) is 17.5 Å². The summed E-state index contributed by atoms with van der Waals surface area (Å²) in [6.45, 7) is 0.107. The van der Waals surface area contributed by atoms with Crippen molar-refractivity contribution in [1.29, 1.82) is 0 Å². The minimum Gasteiger partial charge on any atom is -0.457 e. The van der Waals surface area contributed by atoms with Crippen molar-refractivity contribution < 1.29 is 19.0 Å². The van der Waals surface area contributed by atoms with E-state index in [0.717, 1.165) is 11.3 Å². The van der Waals surface area contributed by atoms with Gasteiger partial charge in [-0.05, 0) is 30.3 Å². The molecule has 1 aliphatic rings. The van der Waals surface area contributed by atoms with Crippen molar-refractivity contribution in [3.8, 4) is 34.3 Å². The van der Waals surface area contributed by atoms with Crippen LogP contribution in [0.5, 0.6) is 23.0 Å². The Morgan fingerprint density at radius 3 is 2.84 bits per heavy atom. The summed E-state index contributed by atoms with van der Waals surface area (Å²) in [5.41, 5.74) is 2.67. The van der Waals surface area contributed by atoms with E-state index in [0.29, 0.717) is 34.2 Å². The third-order valence-electron chi connectivity index (χ3n) is 4.70. The molecule has 0 saturated heterocycles. The third kappa shape index (κ3) is 3.91. The standard InChI is InChI=1S/C23H18N4O4/c1-27-13-15(12-25-27)20-11-18(8-9-24-20)31-17-5-2-4-16(10-17)26-23(28)19-6-3-7-21-22(19)30-14-29-21/h2-13H,14H2,1H3,(H,26,28). The van der Waals surface area contributed by atoms with Gasteiger partial charge in [-0.1, -0.05) is 12.1 Å². The highest BCUT2D eigenvalue weighted by atomic mass is 16.7. The second-order valence-electron chi connectivity index (χ2n) is 6.90. The van der Waals surface area contributed by atoms with Crippen molar-refractivity contribution >= 4 is 11.6 Å². The van der Waals surface area contributed by atoms with Crippen LogP contribution in [0.15, 0.2) is 73.2 Å². The number of ether oxygens (including phenoxy) is 3. The number of carbonyl (C=O) groups is 1. The predicted molar refractivity (Wildman–Crippen MR) is 113 cm³/mol. The van der Waals surface area contributed by atoms with Gasteiger partial charge in [-0.3, -0.25) is 14.5 Å². The van der Waals surface area contributed by atoms with Gasteiger partial charge in [-0.25, -0.2) is 0 Å². The van der Waals surface area contributed by atoms with Gasteiger partial charge in [0.2, 0.25) is 6.79 Å². The maximum absolute atomic E-state index is 12.7. The summed E-state index contributed by atoms with van der Waals surface area (Å²) in [5.74, 6) is 1.93. The lowest BCUT2D eigenvalue weighted by Gasteiger charge is -2.10. The number of nitrogens with zero attached hydrogens (tertiary/aromatic N) is 3. The van der Waals surface area contributed by atoms with Crippen LogP contribution in [0, 0.1) is 0 Å². The highest BCUT2D eigenvalue weighted by Crippen LogP contribution is 2.36. The first-order valence-electron chi connectivity index (χ1n) is 9.59. The Hall–Kier alpha value is -4.33. The first-order chi connectivity index (χ1) is 15.2. The minimum absolute atomic E-state index is 0.107. The van der Waals surface area contributed by atoms with Gasteiger partial charge in [0, 0.05) is 42.8 Å². The van der Waals surface area contributed by atoms with Gasteiger partial charge in [-0.2, -0.15) is 5.10 Å². The molecule has 0 saturated carbocycles. The van der Waals surface area contributed by atoms with Crippen molar-refractivity contribution in [2.75, 3.05) is 12.1 Å². The zero-order valence-electron chi connectivity index (χ0n) is 16.6. The number of aryl methyl sites for hydroxylation is 1. The van der Waals surface area contributed by atoms with E-state index in [9.17, 15) is 4.79 Å². The lowest BCUT2D eigenvalue weighted by Crippen LogP contribution is -2.12. The van der Waals surface area contributed by atoms with Crippen LogP contribution in [0.4, 0.5) is 5.69 Å². The quantitative estimate of drug-likeness (QED) is 0.525. The van der Waals surface area contributed by atoms with Crippen LogP contribution in [0.1, 0.15) is 10.4 Å². The highest BCUT2D eigenvalue weighted by molar-refractivity contribution is 6.06. The van der Waals surface area contributed by atoms with E-state index >= 15 is 0 Å². The summed E-state index contributed by atoms with van der Waals surface area (Å²) in [6, 6.07) is 16.0. The Kier molecular flexibility index (Phi) is 4.72. The average Bonchev–Trinajstić information content (AvgIpc) is 3.43. The molecule has 31 heavy (non-hydrogen) atoms. The Morgan fingerprint density at radius 2 is 1.97 bits per heavy atom. The largest absolute Gasteiger partial charge is 0.457 e. The zero-order valence-corrected chi connectivity index (χ0v) is 16.6. The molecule has 8 nitrogen and oxygen atoms in total.